The van der Waals surface area contributed by atoms with E-state index in [9.17, 15) is 10.3 Å². The third-order valence-corrected chi connectivity index (χ3v) is 7.64. The highest BCUT2D eigenvalue weighted by Crippen LogP contribution is 2.45. The zero-order valence-corrected chi connectivity index (χ0v) is 25.6. The van der Waals surface area contributed by atoms with Gasteiger partial charge >= 0.3 is 0 Å². The van der Waals surface area contributed by atoms with Crippen LogP contribution in [0.1, 0.15) is 34.8 Å². The fraction of sp³-hybridized carbons (Fsp3) is 0.257. The van der Waals surface area contributed by atoms with E-state index in [1.165, 1.54) is 0 Å². The minimum absolute atomic E-state index is 0.0393. The second-order valence-corrected chi connectivity index (χ2v) is 10.5. The Hall–Kier alpha value is -5.51. The molecule has 4 aromatic rings. The van der Waals surface area contributed by atoms with Gasteiger partial charge in [0.05, 0.1) is 20.8 Å². The van der Waals surface area contributed by atoms with Gasteiger partial charge in [-0.1, -0.05) is 71.8 Å². The van der Waals surface area contributed by atoms with Crippen molar-refractivity contribution in [1.29, 1.82) is 0 Å². The molecule has 11 nitrogen and oxygen atoms in total. The monoisotopic (exact) mass is 621 g/mol. The number of carbonyl (C=O) groups is 1. The van der Waals surface area contributed by atoms with Gasteiger partial charge in [0.2, 0.25) is 5.90 Å². The minimum atomic E-state index is -1.50. The van der Waals surface area contributed by atoms with Crippen LogP contribution >= 0.6 is 0 Å². The third-order valence-electron chi connectivity index (χ3n) is 7.64. The van der Waals surface area contributed by atoms with Crippen LogP contribution in [0.3, 0.4) is 0 Å². The van der Waals surface area contributed by atoms with E-state index in [0.29, 0.717) is 47.1 Å². The molecule has 0 saturated heterocycles. The summed E-state index contributed by atoms with van der Waals surface area (Å²) in [6, 6.07) is 29.3. The van der Waals surface area contributed by atoms with Crippen LogP contribution in [-0.2, 0) is 22.5 Å². The largest absolute Gasteiger partial charge is 0.494 e. The summed E-state index contributed by atoms with van der Waals surface area (Å²) in [7, 11) is 3.10. The number of nitrogens with zero attached hydrogens (tertiary/aromatic N) is 4. The van der Waals surface area contributed by atoms with Gasteiger partial charge in [-0.25, -0.2) is 4.99 Å². The Morgan fingerprint density at radius 3 is 2.48 bits per heavy atom. The molecule has 2 atom stereocenters. The van der Waals surface area contributed by atoms with E-state index in [2.05, 4.69) is 15.3 Å². The Morgan fingerprint density at radius 1 is 1.00 bits per heavy atom. The average molecular weight is 622 g/mol. The van der Waals surface area contributed by atoms with E-state index in [1.807, 2.05) is 42.5 Å². The molecule has 11 heteroatoms. The maximum Gasteiger partial charge on any atom is 0.252 e. The highest BCUT2D eigenvalue weighted by molar-refractivity contribution is 6.01. The summed E-state index contributed by atoms with van der Waals surface area (Å²) >= 11 is 0. The molecule has 1 aliphatic heterocycles. The molecule has 0 spiro atoms. The van der Waals surface area contributed by atoms with Gasteiger partial charge in [-0.3, -0.25) is 4.79 Å². The second-order valence-electron chi connectivity index (χ2n) is 10.5. The van der Waals surface area contributed by atoms with E-state index < -0.39 is 11.6 Å². The smallest absolute Gasteiger partial charge is 0.252 e. The molecule has 1 aliphatic rings. The molecule has 4 aromatic carbocycles. The molecular formula is C35H35N5O6. The first-order chi connectivity index (χ1) is 22.5. The number of nitrogens with one attached hydrogen (secondary N) is 1. The van der Waals surface area contributed by atoms with Crippen molar-refractivity contribution in [2.75, 3.05) is 27.4 Å². The molecule has 46 heavy (non-hydrogen) atoms. The van der Waals surface area contributed by atoms with Crippen LogP contribution in [0.5, 0.6) is 17.2 Å². The highest BCUT2D eigenvalue weighted by atomic mass is 16.5. The lowest BCUT2D eigenvalue weighted by Gasteiger charge is -2.31. The number of benzene rings is 4. The van der Waals surface area contributed by atoms with Gasteiger partial charge < -0.3 is 29.4 Å². The molecule has 1 amide bonds. The predicted octanol–water partition coefficient (Wildman–Crippen LogP) is 6.22. The second kappa shape index (κ2) is 15.0. The van der Waals surface area contributed by atoms with Gasteiger partial charge in [-0.05, 0) is 41.4 Å². The Balaban J connectivity index is 1.60. The fourth-order valence-corrected chi connectivity index (χ4v) is 5.44. The van der Waals surface area contributed by atoms with Crippen molar-refractivity contribution in [3.05, 3.63) is 130 Å². The summed E-state index contributed by atoms with van der Waals surface area (Å²) in [5.74, 6) is 1.55. The van der Waals surface area contributed by atoms with Crippen molar-refractivity contribution >= 4 is 17.5 Å². The topological polar surface area (TPSA) is 147 Å². The SMILES string of the molecule is COc1cccc(CNC(=O)[C@]2(Cc3ccccc3)N=C(c3ccc(OCCCO)cc3)O[C@@H]2c2ccccc2N=[N+]=[N-])c1OC. The summed E-state index contributed by atoms with van der Waals surface area (Å²) < 4.78 is 23.3. The average Bonchev–Trinajstić information content (AvgIpc) is 3.48. The van der Waals surface area contributed by atoms with Gasteiger partial charge in [-0.2, -0.15) is 0 Å². The summed E-state index contributed by atoms with van der Waals surface area (Å²) in [5, 5.41) is 16.1. The van der Waals surface area contributed by atoms with E-state index in [0.717, 1.165) is 11.1 Å². The molecule has 0 aliphatic carbocycles. The number of methoxy groups -OCH3 is 2. The first kappa shape index (κ1) is 31.9. The maximum atomic E-state index is 14.6. The first-order valence-electron chi connectivity index (χ1n) is 14.8. The van der Waals surface area contributed by atoms with Crippen molar-refractivity contribution in [2.45, 2.75) is 31.0 Å². The molecule has 2 N–H and O–H groups in total. The summed E-state index contributed by atoms with van der Waals surface area (Å²) in [5.41, 5.74) is 10.9. The van der Waals surface area contributed by atoms with E-state index >= 15 is 0 Å². The Labute approximate surface area is 267 Å². The highest BCUT2D eigenvalue weighted by Gasteiger charge is 2.53. The molecule has 5 rings (SSSR count). The van der Waals surface area contributed by atoms with Crippen LogP contribution in [0, 0.1) is 0 Å². The number of aliphatic hydroxyl groups excluding tert-OH is 1. The summed E-state index contributed by atoms with van der Waals surface area (Å²) in [4.78, 5) is 22.7. The van der Waals surface area contributed by atoms with Crippen molar-refractivity contribution in [3.8, 4) is 17.2 Å². The molecule has 1 heterocycles. The van der Waals surface area contributed by atoms with Crippen LogP contribution in [-0.4, -0.2) is 49.9 Å². The van der Waals surface area contributed by atoms with Gasteiger partial charge in [0.25, 0.3) is 5.91 Å². The van der Waals surface area contributed by atoms with E-state index in [4.69, 9.17) is 29.0 Å². The Bertz CT molecular complexity index is 1720. The van der Waals surface area contributed by atoms with Gasteiger partial charge in [0.15, 0.2) is 23.1 Å². The van der Waals surface area contributed by atoms with E-state index in [1.54, 1.807) is 68.8 Å². The number of rotatable bonds is 14. The van der Waals surface area contributed by atoms with Crippen molar-refractivity contribution in [2.24, 2.45) is 10.1 Å². The zero-order valence-electron chi connectivity index (χ0n) is 25.6. The summed E-state index contributed by atoms with van der Waals surface area (Å²) in [6.45, 7) is 0.548. The lowest BCUT2D eigenvalue weighted by atomic mass is 9.81. The predicted molar refractivity (Wildman–Crippen MR) is 174 cm³/mol. The molecule has 236 valence electrons. The first-order valence-corrected chi connectivity index (χ1v) is 14.8. The number of hydrogen-bond acceptors (Lipinski definition) is 8. The molecule has 0 saturated carbocycles. The summed E-state index contributed by atoms with van der Waals surface area (Å²) in [6.07, 6.45) is -0.240. The minimum Gasteiger partial charge on any atom is -0.494 e. The fourth-order valence-electron chi connectivity index (χ4n) is 5.44. The van der Waals surface area contributed by atoms with Crippen molar-refractivity contribution in [3.63, 3.8) is 0 Å². The molecule has 0 bridgehead atoms. The molecule has 0 fully saturated rings. The van der Waals surface area contributed by atoms with Crippen LogP contribution in [0.15, 0.2) is 107 Å². The van der Waals surface area contributed by atoms with Crippen LogP contribution in [0.4, 0.5) is 5.69 Å². The van der Waals surface area contributed by atoms with Crippen LogP contribution in [0.25, 0.3) is 10.4 Å². The van der Waals surface area contributed by atoms with Gasteiger partial charge in [0, 0.05) is 53.3 Å². The standard InChI is InChI=1S/C35H35N5O6/c1-43-30-15-8-12-26(31(30)44-2)23-37-34(42)35(22-24-10-4-3-5-11-24)32(28-13-6-7-14-29(28)39-40-36)46-33(38-35)25-16-18-27(19-17-25)45-21-9-20-41/h3-8,10-19,32,41H,9,20-23H2,1-2H3,(H,37,42)/t32-,35-/m1/s1. The van der Waals surface area contributed by atoms with Crippen LogP contribution in [0.2, 0.25) is 0 Å². The number of aliphatic hydroxyl groups is 1. The lowest BCUT2D eigenvalue weighted by Crippen LogP contribution is -2.49. The molecule has 0 aromatic heterocycles. The van der Waals surface area contributed by atoms with Gasteiger partial charge in [0.1, 0.15) is 5.75 Å². The third kappa shape index (κ3) is 6.91. The molecular weight excluding hydrogens is 586 g/mol. The maximum absolute atomic E-state index is 14.6. The van der Waals surface area contributed by atoms with E-state index in [-0.39, 0.29) is 31.4 Å². The Morgan fingerprint density at radius 2 is 1.76 bits per heavy atom. The number of para-hydroxylation sites is 1. The number of hydrogen-bond donors (Lipinski definition) is 2. The van der Waals surface area contributed by atoms with Crippen molar-refractivity contribution in [1.82, 2.24) is 5.32 Å². The Kier molecular flexibility index (Phi) is 10.4. The number of carbonyl (C=O) groups excluding carboxylic acids is 1. The number of aliphatic imine (C=N–C) groups is 1. The van der Waals surface area contributed by atoms with Crippen molar-refractivity contribution < 1.29 is 28.8 Å². The molecule has 0 unspecified atom stereocenters. The van der Waals surface area contributed by atoms with Gasteiger partial charge in [-0.15, -0.1) is 0 Å². The number of amides is 1. The molecule has 0 radical (unpaired) electrons. The number of azide groups is 1. The normalized spacial score (nSPS) is 16.8. The zero-order chi connectivity index (χ0) is 32.4. The quantitative estimate of drug-likeness (QED) is 0.0739. The number of ether oxygens (including phenoxy) is 4. The van der Waals surface area contributed by atoms with Crippen LogP contribution < -0.4 is 19.5 Å². The lowest BCUT2D eigenvalue weighted by molar-refractivity contribution is -0.129.